The molecule has 1 amide bonds. The lowest BCUT2D eigenvalue weighted by atomic mass is 10.1. The Balaban J connectivity index is 1.44. The molecule has 0 radical (unpaired) electrons. The predicted octanol–water partition coefficient (Wildman–Crippen LogP) is 3.55. The zero-order chi connectivity index (χ0) is 23.2. The van der Waals surface area contributed by atoms with Gasteiger partial charge < -0.3 is 24.1 Å². The molecular formula is C25H27N3O5. The molecule has 2 aromatic heterocycles. The highest BCUT2D eigenvalue weighted by Crippen LogP contribution is 2.28. The summed E-state index contributed by atoms with van der Waals surface area (Å²) in [5.41, 5.74) is 2.89. The Kier molecular flexibility index (Phi) is 7.04. The van der Waals surface area contributed by atoms with Gasteiger partial charge in [0.25, 0.3) is 5.91 Å². The first kappa shape index (κ1) is 22.5. The number of morpholine rings is 1. The molecule has 4 rings (SSSR count). The number of ether oxygens (including phenoxy) is 2. The van der Waals surface area contributed by atoms with Gasteiger partial charge in [0.1, 0.15) is 17.2 Å². The minimum absolute atomic E-state index is 0.197. The lowest BCUT2D eigenvalue weighted by Crippen LogP contribution is -2.36. The largest absolute Gasteiger partial charge is 0.483 e. The number of carbonyl (C=O) groups is 1. The summed E-state index contributed by atoms with van der Waals surface area (Å²) in [5.74, 6) is 0.624. The number of allylic oxidation sites excluding steroid dienone is 2. The van der Waals surface area contributed by atoms with Gasteiger partial charge in [0.05, 0.1) is 25.1 Å². The van der Waals surface area contributed by atoms with Crippen LogP contribution in [0, 0.1) is 0 Å². The van der Waals surface area contributed by atoms with Crippen LogP contribution in [0.5, 0.6) is 5.75 Å². The Morgan fingerprint density at radius 3 is 2.67 bits per heavy atom. The standard InChI is InChI=1S/C25H27N3O5/c1-17(2)3-7-20-21(8-4-18-5-10-24(30)33-25(18)20)32-16-23(29)27-22-9-6-19(15-26-22)28-11-13-31-14-12-28/h3-6,8-10,15H,7,11-14,16H2,1-2H3,(H,26,27,29). The van der Waals surface area contributed by atoms with Crippen molar-refractivity contribution in [3.05, 3.63) is 70.2 Å². The maximum absolute atomic E-state index is 12.5. The van der Waals surface area contributed by atoms with E-state index in [1.54, 1.807) is 24.4 Å². The first-order valence-corrected chi connectivity index (χ1v) is 10.9. The van der Waals surface area contributed by atoms with Crippen LogP contribution in [0.4, 0.5) is 11.5 Å². The number of aromatic nitrogens is 1. The summed E-state index contributed by atoms with van der Waals surface area (Å²) >= 11 is 0. The van der Waals surface area contributed by atoms with Gasteiger partial charge in [0, 0.05) is 30.1 Å². The molecule has 0 atom stereocenters. The third-order valence-corrected chi connectivity index (χ3v) is 5.31. The molecule has 0 unspecified atom stereocenters. The number of fused-ring (bicyclic) bond motifs is 1. The van der Waals surface area contributed by atoms with Crippen molar-refractivity contribution in [2.45, 2.75) is 20.3 Å². The predicted molar refractivity (Wildman–Crippen MR) is 127 cm³/mol. The zero-order valence-corrected chi connectivity index (χ0v) is 18.8. The third-order valence-electron chi connectivity index (χ3n) is 5.31. The molecule has 8 heteroatoms. The summed E-state index contributed by atoms with van der Waals surface area (Å²) in [5, 5.41) is 3.55. The summed E-state index contributed by atoms with van der Waals surface area (Å²) in [4.78, 5) is 30.8. The number of nitrogens with zero attached hydrogens (tertiary/aromatic N) is 2. The van der Waals surface area contributed by atoms with Gasteiger partial charge in [-0.15, -0.1) is 0 Å². The van der Waals surface area contributed by atoms with Crippen LogP contribution < -0.4 is 20.6 Å². The number of hydrogen-bond donors (Lipinski definition) is 1. The van der Waals surface area contributed by atoms with Crippen LogP contribution in [0.25, 0.3) is 11.0 Å². The number of nitrogens with one attached hydrogen (secondary N) is 1. The van der Waals surface area contributed by atoms with Crippen LogP contribution in [-0.2, 0) is 16.0 Å². The van der Waals surface area contributed by atoms with Gasteiger partial charge in [-0.2, -0.15) is 0 Å². The maximum atomic E-state index is 12.5. The quantitative estimate of drug-likeness (QED) is 0.435. The molecule has 1 N–H and O–H groups in total. The molecule has 0 aliphatic carbocycles. The number of anilines is 2. The second-order valence-electron chi connectivity index (χ2n) is 8.04. The first-order valence-electron chi connectivity index (χ1n) is 10.9. The first-order chi connectivity index (χ1) is 16.0. The molecule has 1 aromatic carbocycles. The van der Waals surface area contributed by atoms with Crippen molar-refractivity contribution in [1.29, 1.82) is 0 Å². The van der Waals surface area contributed by atoms with E-state index in [4.69, 9.17) is 13.9 Å². The van der Waals surface area contributed by atoms with Crippen molar-refractivity contribution in [1.82, 2.24) is 4.98 Å². The molecule has 0 saturated carbocycles. The fourth-order valence-corrected chi connectivity index (χ4v) is 3.60. The molecule has 1 aliphatic rings. The molecular weight excluding hydrogens is 422 g/mol. The second-order valence-corrected chi connectivity index (χ2v) is 8.04. The van der Waals surface area contributed by atoms with Crippen molar-refractivity contribution in [3.63, 3.8) is 0 Å². The Bertz CT molecular complexity index is 1210. The van der Waals surface area contributed by atoms with E-state index in [0.717, 1.165) is 35.3 Å². The molecule has 172 valence electrons. The van der Waals surface area contributed by atoms with E-state index in [-0.39, 0.29) is 12.5 Å². The molecule has 1 aliphatic heterocycles. The van der Waals surface area contributed by atoms with E-state index in [1.165, 1.54) is 6.07 Å². The molecule has 0 bridgehead atoms. The van der Waals surface area contributed by atoms with Gasteiger partial charge in [0.2, 0.25) is 0 Å². The van der Waals surface area contributed by atoms with Gasteiger partial charge in [-0.1, -0.05) is 11.6 Å². The Morgan fingerprint density at radius 1 is 1.15 bits per heavy atom. The van der Waals surface area contributed by atoms with Crippen molar-refractivity contribution in [2.24, 2.45) is 0 Å². The number of pyridine rings is 1. The van der Waals surface area contributed by atoms with Crippen molar-refractivity contribution in [3.8, 4) is 5.75 Å². The van der Waals surface area contributed by atoms with Gasteiger partial charge in [0.15, 0.2) is 6.61 Å². The van der Waals surface area contributed by atoms with Gasteiger partial charge in [-0.05, 0) is 50.6 Å². The van der Waals surface area contributed by atoms with Gasteiger partial charge in [-0.25, -0.2) is 9.78 Å². The molecule has 3 aromatic rings. The van der Waals surface area contributed by atoms with Gasteiger partial charge >= 0.3 is 5.63 Å². The van der Waals surface area contributed by atoms with E-state index >= 15 is 0 Å². The highest BCUT2D eigenvalue weighted by molar-refractivity contribution is 5.91. The fourth-order valence-electron chi connectivity index (χ4n) is 3.60. The van der Waals surface area contributed by atoms with E-state index in [2.05, 4.69) is 15.2 Å². The van der Waals surface area contributed by atoms with Crippen LogP contribution in [0.15, 0.2) is 63.5 Å². The Labute approximate surface area is 191 Å². The topological polar surface area (TPSA) is 93.9 Å². The highest BCUT2D eigenvalue weighted by Gasteiger charge is 2.14. The van der Waals surface area contributed by atoms with Crippen molar-refractivity contribution < 1.29 is 18.7 Å². The van der Waals surface area contributed by atoms with E-state index in [1.807, 2.05) is 32.1 Å². The van der Waals surface area contributed by atoms with Crippen LogP contribution in [0.1, 0.15) is 19.4 Å². The number of benzene rings is 1. The lowest BCUT2D eigenvalue weighted by molar-refractivity contribution is -0.118. The smallest absolute Gasteiger partial charge is 0.336 e. The summed E-state index contributed by atoms with van der Waals surface area (Å²) < 4.78 is 16.6. The number of amides is 1. The average molecular weight is 450 g/mol. The third kappa shape index (κ3) is 5.78. The molecule has 1 saturated heterocycles. The number of hydrogen-bond acceptors (Lipinski definition) is 7. The molecule has 33 heavy (non-hydrogen) atoms. The fraction of sp³-hybridized carbons (Fsp3) is 0.320. The normalized spacial score (nSPS) is 13.6. The van der Waals surface area contributed by atoms with Crippen LogP contribution >= 0.6 is 0 Å². The zero-order valence-electron chi connectivity index (χ0n) is 18.8. The summed E-state index contributed by atoms with van der Waals surface area (Å²) in [6.07, 6.45) is 4.29. The highest BCUT2D eigenvalue weighted by atomic mass is 16.5. The maximum Gasteiger partial charge on any atom is 0.336 e. The van der Waals surface area contributed by atoms with E-state index in [0.29, 0.717) is 36.8 Å². The molecule has 3 heterocycles. The van der Waals surface area contributed by atoms with Crippen LogP contribution in [0.3, 0.4) is 0 Å². The number of rotatable bonds is 7. The van der Waals surface area contributed by atoms with E-state index < -0.39 is 5.63 Å². The molecule has 1 fully saturated rings. The minimum Gasteiger partial charge on any atom is -0.483 e. The average Bonchev–Trinajstić information content (AvgIpc) is 2.82. The summed E-state index contributed by atoms with van der Waals surface area (Å²) in [6.45, 7) is 6.83. The monoisotopic (exact) mass is 449 g/mol. The number of carbonyl (C=O) groups excluding carboxylic acids is 1. The molecule has 8 nitrogen and oxygen atoms in total. The Morgan fingerprint density at radius 2 is 1.94 bits per heavy atom. The lowest BCUT2D eigenvalue weighted by Gasteiger charge is -2.28. The van der Waals surface area contributed by atoms with E-state index in [9.17, 15) is 9.59 Å². The van der Waals surface area contributed by atoms with Crippen molar-refractivity contribution >= 4 is 28.4 Å². The second kappa shape index (κ2) is 10.3. The van der Waals surface area contributed by atoms with Crippen LogP contribution in [-0.4, -0.2) is 43.8 Å². The summed E-state index contributed by atoms with van der Waals surface area (Å²) in [7, 11) is 0. The Hall–Kier alpha value is -3.65. The van der Waals surface area contributed by atoms with Gasteiger partial charge in [-0.3, -0.25) is 4.79 Å². The van der Waals surface area contributed by atoms with Crippen LogP contribution in [0.2, 0.25) is 0 Å². The van der Waals surface area contributed by atoms with Crippen molar-refractivity contribution in [2.75, 3.05) is 43.1 Å². The SMILES string of the molecule is CC(C)=CCc1c(OCC(=O)Nc2ccc(N3CCOCC3)cn2)ccc2ccc(=O)oc12. The minimum atomic E-state index is -0.428. The summed E-state index contributed by atoms with van der Waals surface area (Å²) in [6, 6.07) is 10.4. The molecule has 0 spiro atoms.